The van der Waals surface area contributed by atoms with Crippen molar-refractivity contribution in [2.45, 2.75) is 13.5 Å². The molecule has 0 saturated carbocycles. The highest BCUT2D eigenvalue weighted by molar-refractivity contribution is 9.10. The minimum absolute atomic E-state index is 0.291. The zero-order valence-corrected chi connectivity index (χ0v) is 18.2. The number of amides is 1. The van der Waals surface area contributed by atoms with Gasteiger partial charge in [0.15, 0.2) is 17.3 Å². The Kier molecular flexibility index (Phi) is 6.43. The van der Waals surface area contributed by atoms with Crippen LogP contribution in [0, 0.1) is 6.92 Å². The number of nitrogens with one attached hydrogen (secondary N) is 1. The summed E-state index contributed by atoms with van der Waals surface area (Å²) < 4.78 is 18.4. The van der Waals surface area contributed by atoms with E-state index < -0.39 is 0 Å². The van der Waals surface area contributed by atoms with Crippen LogP contribution in [-0.2, 0) is 6.54 Å². The Morgan fingerprint density at radius 3 is 2.34 bits per heavy atom. The van der Waals surface area contributed by atoms with Crippen LogP contribution in [0.1, 0.15) is 21.5 Å². The zero-order chi connectivity index (χ0) is 21.0. The number of carbonyl (C=O) groups is 1. The molecule has 29 heavy (non-hydrogen) atoms. The van der Waals surface area contributed by atoms with Crippen LogP contribution < -0.4 is 19.5 Å². The summed E-state index contributed by atoms with van der Waals surface area (Å²) >= 11 is 3.46. The Morgan fingerprint density at radius 1 is 1.03 bits per heavy atom. The molecule has 3 aromatic rings. The van der Waals surface area contributed by atoms with Crippen LogP contribution in [-0.4, -0.2) is 37.0 Å². The van der Waals surface area contributed by atoms with Gasteiger partial charge in [0, 0.05) is 6.20 Å². The monoisotopic (exact) mass is 459 g/mol. The number of halogens is 1. The molecule has 0 spiro atoms. The molecule has 1 aromatic heterocycles. The molecule has 0 bridgehead atoms. The summed E-state index contributed by atoms with van der Waals surface area (Å²) in [7, 11) is 4.49. The second-order valence-corrected chi connectivity index (χ2v) is 7.20. The third kappa shape index (κ3) is 4.54. The van der Waals surface area contributed by atoms with Crippen LogP contribution >= 0.6 is 15.9 Å². The maximum absolute atomic E-state index is 12.9. The summed E-state index contributed by atoms with van der Waals surface area (Å²) in [4.78, 5) is 12.9. The summed E-state index contributed by atoms with van der Waals surface area (Å²) in [6.45, 7) is 2.64. The first-order valence-corrected chi connectivity index (χ1v) is 9.65. The van der Waals surface area contributed by atoms with Gasteiger partial charge in [0.05, 0.1) is 37.9 Å². The minimum Gasteiger partial charge on any atom is -0.493 e. The molecule has 8 heteroatoms. The number of benzene rings is 2. The van der Waals surface area contributed by atoms with E-state index in [9.17, 15) is 4.79 Å². The van der Waals surface area contributed by atoms with Crippen molar-refractivity contribution >= 4 is 27.7 Å². The van der Waals surface area contributed by atoms with Crippen molar-refractivity contribution in [3.8, 4) is 17.2 Å². The number of ether oxygens (including phenoxy) is 3. The van der Waals surface area contributed by atoms with Crippen LogP contribution in [0.15, 0.2) is 47.1 Å². The molecule has 0 fully saturated rings. The van der Waals surface area contributed by atoms with E-state index in [2.05, 4.69) is 50.6 Å². The number of aryl methyl sites for hydroxylation is 1. The van der Waals surface area contributed by atoms with Crippen molar-refractivity contribution in [3.63, 3.8) is 0 Å². The predicted molar refractivity (Wildman–Crippen MR) is 114 cm³/mol. The van der Waals surface area contributed by atoms with E-state index in [4.69, 9.17) is 14.2 Å². The van der Waals surface area contributed by atoms with E-state index >= 15 is 0 Å². The Balaban J connectivity index is 1.82. The van der Waals surface area contributed by atoms with Gasteiger partial charge in [0.1, 0.15) is 0 Å². The normalized spacial score (nSPS) is 10.5. The third-order valence-electron chi connectivity index (χ3n) is 4.36. The van der Waals surface area contributed by atoms with Crippen LogP contribution in [0.4, 0.5) is 5.82 Å². The molecule has 152 valence electrons. The van der Waals surface area contributed by atoms with Gasteiger partial charge in [-0.05, 0) is 40.5 Å². The number of nitrogens with zero attached hydrogens (tertiary/aromatic N) is 2. The molecule has 0 radical (unpaired) electrons. The molecule has 0 atom stereocenters. The number of hydrogen-bond acceptors (Lipinski definition) is 5. The summed E-state index contributed by atoms with van der Waals surface area (Å²) in [6.07, 6.45) is 1.82. The highest BCUT2D eigenvalue weighted by Crippen LogP contribution is 2.40. The lowest BCUT2D eigenvalue weighted by Gasteiger charge is -2.15. The van der Waals surface area contributed by atoms with E-state index in [1.807, 2.05) is 13.1 Å². The first-order chi connectivity index (χ1) is 14.0. The summed E-state index contributed by atoms with van der Waals surface area (Å²) in [5, 5.41) is 7.28. The van der Waals surface area contributed by atoms with Crippen molar-refractivity contribution in [2.75, 3.05) is 26.6 Å². The summed E-state index contributed by atoms with van der Waals surface area (Å²) in [5.41, 5.74) is 2.63. The van der Waals surface area contributed by atoms with Gasteiger partial charge in [-0.25, -0.2) is 0 Å². The minimum atomic E-state index is -0.371. The topological polar surface area (TPSA) is 74.6 Å². The lowest BCUT2D eigenvalue weighted by atomic mass is 10.1. The van der Waals surface area contributed by atoms with Crippen molar-refractivity contribution in [2.24, 2.45) is 0 Å². The number of carbonyl (C=O) groups excluding carboxylic acids is 1. The molecule has 3 rings (SSSR count). The van der Waals surface area contributed by atoms with Crippen molar-refractivity contribution in [3.05, 3.63) is 63.8 Å². The van der Waals surface area contributed by atoms with E-state index in [0.29, 0.717) is 39.6 Å². The fourth-order valence-corrected chi connectivity index (χ4v) is 3.31. The number of rotatable bonds is 7. The van der Waals surface area contributed by atoms with E-state index in [-0.39, 0.29) is 5.91 Å². The second kappa shape index (κ2) is 9.00. The fourth-order valence-electron chi connectivity index (χ4n) is 2.90. The van der Waals surface area contributed by atoms with Gasteiger partial charge in [-0.1, -0.05) is 29.8 Å². The number of anilines is 1. The predicted octanol–water partition coefficient (Wildman–Crippen LogP) is 4.28. The molecule has 1 heterocycles. The lowest BCUT2D eigenvalue weighted by molar-refractivity contribution is 0.102. The highest BCUT2D eigenvalue weighted by atomic mass is 79.9. The van der Waals surface area contributed by atoms with Gasteiger partial charge in [0.25, 0.3) is 5.91 Å². The quantitative estimate of drug-likeness (QED) is 0.570. The Hall–Kier alpha value is -3.00. The van der Waals surface area contributed by atoms with Gasteiger partial charge in [-0.3, -0.25) is 9.48 Å². The Morgan fingerprint density at radius 2 is 1.72 bits per heavy atom. The Bertz CT molecular complexity index is 1020. The number of hydrogen-bond donors (Lipinski definition) is 1. The largest absolute Gasteiger partial charge is 0.493 e. The van der Waals surface area contributed by atoms with E-state index in [1.54, 1.807) is 16.8 Å². The molecule has 0 aliphatic rings. The highest BCUT2D eigenvalue weighted by Gasteiger charge is 2.22. The molecule has 1 amide bonds. The second-order valence-electron chi connectivity index (χ2n) is 6.34. The maximum atomic E-state index is 12.9. The first kappa shape index (κ1) is 20.7. The van der Waals surface area contributed by atoms with Crippen molar-refractivity contribution in [1.82, 2.24) is 9.78 Å². The first-order valence-electron chi connectivity index (χ1n) is 8.85. The maximum Gasteiger partial charge on any atom is 0.260 e. The van der Waals surface area contributed by atoms with Crippen LogP contribution in [0.5, 0.6) is 17.2 Å². The average molecular weight is 460 g/mol. The lowest BCUT2D eigenvalue weighted by Crippen LogP contribution is -2.15. The molecule has 2 aromatic carbocycles. The van der Waals surface area contributed by atoms with E-state index in [0.717, 1.165) is 5.56 Å². The molecule has 0 saturated heterocycles. The van der Waals surface area contributed by atoms with Gasteiger partial charge >= 0.3 is 0 Å². The fraction of sp³-hybridized carbons (Fsp3) is 0.238. The Labute approximate surface area is 177 Å². The van der Waals surface area contributed by atoms with Crippen molar-refractivity contribution < 1.29 is 19.0 Å². The molecule has 1 N–H and O–H groups in total. The molecule has 7 nitrogen and oxygen atoms in total. The third-order valence-corrected chi connectivity index (χ3v) is 4.94. The van der Waals surface area contributed by atoms with Gasteiger partial charge < -0.3 is 19.5 Å². The van der Waals surface area contributed by atoms with Crippen molar-refractivity contribution in [1.29, 1.82) is 0 Å². The molecule has 0 unspecified atom stereocenters. The molecular formula is C21H22BrN3O4. The van der Waals surface area contributed by atoms with Gasteiger partial charge in [-0.2, -0.15) is 5.10 Å². The zero-order valence-electron chi connectivity index (χ0n) is 16.7. The number of methoxy groups -OCH3 is 3. The molecular weight excluding hydrogens is 438 g/mol. The summed E-state index contributed by atoms with van der Waals surface area (Å²) in [5.74, 6) is 1.17. The van der Waals surface area contributed by atoms with E-state index in [1.165, 1.54) is 26.9 Å². The standard InChI is InChI=1S/C21H22BrN3O4/c1-13-5-7-14(8-6-13)11-25-12-16(22)20(24-25)23-21(26)15-9-10-17(27-2)19(29-4)18(15)28-3/h5-10,12H,11H2,1-4H3,(H,23,24,26). The average Bonchev–Trinajstić information content (AvgIpc) is 3.06. The summed E-state index contributed by atoms with van der Waals surface area (Å²) in [6, 6.07) is 11.5. The number of aromatic nitrogens is 2. The van der Waals surface area contributed by atoms with Gasteiger partial charge in [-0.15, -0.1) is 0 Å². The molecule has 0 aliphatic carbocycles. The SMILES string of the molecule is COc1ccc(C(=O)Nc2nn(Cc3ccc(C)cc3)cc2Br)c(OC)c1OC. The van der Waals surface area contributed by atoms with Crippen LogP contribution in [0.3, 0.4) is 0 Å². The molecule has 0 aliphatic heterocycles. The smallest absolute Gasteiger partial charge is 0.260 e. The van der Waals surface area contributed by atoms with Crippen LogP contribution in [0.2, 0.25) is 0 Å². The van der Waals surface area contributed by atoms with Crippen LogP contribution in [0.25, 0.3) is 0 Å². The van der Waals surface area contributed by atoms with Gasteiger partial charge in [0.2, 0.25) is 5.75 Å².